The predicted molar refractivity (Wildman–Crippen MR) is 46.9 cm³/mol. The van der Waals surface area contributed by atoms with E-state index in [9.17, 15) is 4.79 Å². The molecule has 1 aliphatic carbocycles. The summed E-state index contributed by atoms with van der Waals surface area (Å²) in [7, 11) is 0. The number of carbonyl (C=O) groups excluding carboxylic acids is 1. The molecule has 0 aromatic rings. The molecular formula is C9H16N2O. The number of urea groups is 1. The molecule has 2 N–H and O–H groups in total. The van der Waals surface area contributed by atoms with Gasteiger partial charge in [0.05, 0.1) is 0 Å². The van der Waals surface area contributed by atoms with Crippen LogP contribution in [0.5, 0.6) is 0 Å². The Balaban J connectivity index is 2.12. The summed E-state index contributed by atoms with van der Waals surface area (Å²) in [6.07, 6.45) is 4.97. The molecule has 1 saturated carbocycles. The second-order valence-electron chi connectivity index (χ2n) is 4.20. The number of fused-ring (bicyclic) bond motifs is 1. The van der Waals surface area contributed by atoms with Crippen LogP contribution in [0.1, 0.15) is 32.6 Å². The van der Waals surface area contributed by atoms with Crippen LogP contribution in [0.4, 0.5) is 4.79 Å². The molecule has 2 fully saturated rings. The van der Waals surface area contributed by atoms with Crippen LogP contribution in [0.25, 0.3) is 0 Å². The molecule has 0 bridgehead atoms. The third kappa shape index (κ3) is 1.17. The molecule has 68 valence electrons. The van der Waals surface area contributed by atoms with E-state index >= 15 is 0 Å². The van der Waals surface area contributed by atoms with Crippen LogP contribution in [0.2, 0.25) is 0 Å². The van der Waals surface area contributed by atoms with Gasteiger partial charge in [-0.25, -0.2) is 4.79 Å². The molecule has 0 radical (unpaired) electrons. The Bertz CT molecular complexity index is 205. The van der Waals surface area contributed by atoms with Crippen LogP contribution in [-0.2, 0) is 0 Å². The van der Waals surface area contributed by atoms with E-state index in [4.69, 9.17) is 0 Å². The highest BCUT2D eigenvalue weighted by Gasteiger charge is 2.40. The second kappa shape index (κ2) is 2.64. The molecule has 1 heterocycles. The van der Waals surface area contributed by atoms with E-state index in [1.807, 2.05) is 0 Å². The number of hydrogen-bond donors (Lipinski definition) is 2. The topological polar surface area (TPSA) is 41.1 Å². The Morgan fingerprint density at radius 1 is 1.50 bits per heavy atom. The van der Waals surface area contributed by atoms with Crippen LogP contribution >= 0.6 is 0 Å². The van der Waals surface area contributed by atoms with Crippen molar-refractivity contribution in [2.24, 2.45) is 5.92 Å². The zero-order chi connectivity index (χ0) is 8.60. The maximum atomic E-state index is 11.1. The molecule has 0 aromatic carbocycles. The van der Waals surface area contributed by atoms with Gasteiger partial charge in [0, 0.05) is 12.1 Å². The van der Waals surface area contributed by atoms with Crippen LogP contribution in [0.15, 0.2) is 0 Å². The lowest BCUT2D eigenvalue weighted by Gasteiger charge is -2.45. The molecule has 2 atom stereocenters. The normalized spacial score (nSPS) is 41.1. The molecule has 0 spiro atoms. The van der Waals surface area contributed by atoms with Crippen molar-refractivity contribution in [3.63, 3.8) is 0 Å². The number of amides is 2. The van der Waals surface area contributed by atoms with Gasteiger partial charge in [-0.3, -0.25) is 0 Å². The van der Waals surface area contributed by atoms with E-state index in [1.165, 1.54) is 19.3 Å². The molecule has 0 aromatic heterocycles. The van der Waals surface area contributed by atoms with Gasteiger partial charge >= 0.3 is 6.03 Å². The highest BCUT2D eigenvalue weighted by molar-refractivity contribution is 5.75. The second-order valence-corrected chi connectivity index (χ2v) is 4.20. The minimum Gasteiger partial charge on any atom is -0.338 e. The van der Waals surface area contributed by atoms with Crippen molar-refractivity contribution in [2.45, 2.75) is 38.1 Å². The lowest BCUT2D eigenvalue weighted by Crippen LogP contribution is -2.63. The van der Waals surface area contributed by atoms with E-state index < -0.39 is 0 Å². The maximum Gasteiger partial charge on any atom is 0.315 e. The highest BCUT2D eigenvalue weighted by Crippen LogP contribution is 2.34. The van der Waals surface area contributed by atoms with Crippen molar-refractivity contribution in [1.82, 2.24) is 10.6 Å². The molecule has 2 aliphatic rings. The Kier molecular flexibility index (Phi) is 1.74. The van der Waals surface area contributed by atoms with Gasteiger partial charge in [0.1, 0.15) is 0 Å². The van der Waals surface area contributed by atoms with Crippen molar-refractivity contribution >= 4 is 6.03 Å². The largest absolute Gasteiger partial charge is 0.338 e. The molecule has 1 saturated heterocycles. The summed E-state index contributed by atoms with van der Waals surface area (Å²) in [5.41, 5.74) is 0.0839. The van der Waals surface area contributed by atoms with Gasteiger partial charge in [-0.15, -0.1) is 0 Å². The first-order chi connectivity index (χ1) is 5.71. The molecule has 3 heteroatoms. The van der Waals surface area contributed by atoms with E-state index in [-0.39, 0.29) is 11.6 Å². The molecule has 3 nitrogen and oxygen atoms in total. The lowest BCUT2D eigenvalue weighted by atomic mass is 9.73. The Morgan fingerprint density at radius 3 is 3.17 bits per heavy atom. The van der Waals surface area contributed by atoms with Crippen LogP contribution in [0, 0.1) is 5.92 Å². The van der Waals surface area contributed by atoms with Crippen LogP contribution < -0.4 is 10.6 Å². The van der Waals surface area contributed by atoms with E-state index in [0.717, 1.165) is 13.0 Å². The zero-order valence-corrected chi connectivity index (χ0v) is 7.52. The van der Waals surface area contributed by atoms with E-state index in [0.29, 0.717) is 5.92 Å². The Hall–Kier alpha value is -0.730. The van der Waals surface area contributed by atoms with Crippen molar-refractivity contribution in [2.75, 3.05) is 6.54 Å². The summed E-state index contributed by atoms with van der Waals surface area (Å²) in [6, 6.07) is 0.00986. The summed E-state index contributed by atoms with van der Waals surface area (Å²) < 4.78 is 0. The third-order valence-electron chi connectivity index (χ3n) is 3.31. The first-order valence-corrected chi connectivity index (χ1v) is 4.77. The number of carbonyl (C=O) groups is 1. The molecule has 2 amide bonds. The summed E-state index contributed by atoms with van der Waals surface area (Å²) in [5, 5.41) is 5.90. The van der Waals surface area contributed by atoms with Crippen molar-refractivity contribution in [3.05, 3.63) is 0 Å². The smallest absolute Gasteiger partial charge is 0.315 e. The van der Waals surface area contributed by atoms with Crippen LogP contribution in [-0.4, -0.2) is 18.1 Å². The number of nitrogens with one attached hydrogen (secondary N) is 2. The van der Waals surface area contributed by atoms with Gasteiger partial charge in [-0.2, -0.15) is 0 Å². The Labute approximate surface area is 72.9 Å². The molecule has 1 aliphatic heterocycles. The summed E-state index contributed by atoms with van der Waals surface area (Å²) in [6.45, 7) is 3.04. The van der Waals surface area contributed by atoms with Crippen molar-refractivity contribution in [1.29, 1.82) is 0 Å². The number of rotatable bonds is 0. The average molecular weight is 168 g/mol. The van der Waals surface area contributed by atoms with Gasteiger partial charge in [0.15, 0.2) is 0 Å². The minimum atomic E-state index is 0.00986. The standard InChI is InChI=1S/C9H16N2O/c1-9-5-3-2-4-7(9)6-10-8(12)11-9/h7H,2-6H2,1H3,(H2,10,11,12). The minimum absolute atomic E-state index is 0.00986. The van der Waals surface area contributed by atoms with Gasteiger partial charge in [-0.05, 0) is 25.7 Å². The maximum absolute atomic E-state index is 11.1. The summed E-state index contributed by atoms with van der Waals surface area (Å²) in [5.74, 6) is 0.643. The quantitative estimate of drug-likeness (QED) is 0.561. The SMILES string of the molecule is CC12CCCCC1CNC(=O)N2. The fourth-order valence-electron chi connectivity index (χ4n) is 2.42. The van der Waals surface area contributed by atoms with E-state index in [2.05, 4.69) is 17.6 Å². The first-order valence-electron chi connectivity index (χ1n) is 4.77. The fourth-order valence-corrected chi connectivity index (χ4v) is 2.42. The van der Waals surface area contributed by atoms with Gasteiger partial charge < -0.3 is 10.6 Å². The van der Waals surface area contributed by atoms with Gasteiger partial charge in [0.2, 0.25) is 0 Å². The van der Waals surface area contributed by atoms with Crippen molar-refractivity contribution in [3.8, 4) is 0 Å². The van der Waals surface area contributed by atoms with E-state index in [1.54, 1.807) is 0 Å². The summed E-state index contributed by atoms with van der Waals surface area (Å²) in [4.78, 5) is 11.1. The highest BCUT2D eigenvalue weighted by atomic mass is 16.2. The van der Waals surface area contributed by atoms with Gasteiger partial charge in [0.25, 0.3) is 0 Å². The average Bonchev–Trinajstić information content (AvgIpc) is 2.02. The Morgan fingerprint density at radius 2 is 2.33 bits per heavy atom. The summed E-state index contributed by atoms with van der Waals surface area (Å²) >= 11 is 0. The molecule has 12 heavy (non-hydrogen) atoms. The predicted octanol–water partition coefficient (Wildman–Crippen LogP) is 1.25. The fraction of sp³-hybridized carbons (Fsp3) is 0.889. The van der Waals surface area contributed by atoms with Gasteiger partial charge in [-0.1, -0.05) is 12.8 Å². The lowest BCUT2D eigenvalue weighted by molar-refractivity contribution is 0.134. The monoisotopic (exact) mass is 168 g/mol. The molecule has 2 unspecified atom stereocenters. The molecule has 2 rings (SSSR count). The zero-order valence-electron chi connectivity index (χ0n) is 7.52. The first kappa shape index (κ1) is 7.90. The number of hydrogen-bond acceptors (Lipinski definition) is 1. The van der Waals surface area contributed by atoms with Crippen molar-refractivity contribution < 1.29 is 4.79 Å². The third-order valence-corrected chi connectivity index (χ3v) is 3.31. The van der Waals surface area contributed by atoms with Crippen LogP contribution in [0.3, 0.4) is 0 Å². The molecular weight excluding hydrogens is 152 g/mol.